The number of nitrogens with zero attached hydrogens (tertiary/aromatic N) is 2. The zero-order valence-electron chi connectivity index (χ0n) is 15.6. The van der Waals surface area contributed by atoms with E-state index in [1.807, 2.05) is 6.07 Å². The van der Waals surface area contributed by atoms with Crippen molar-refractivity contribution >= 4 is 32.5 Å². The topological polar surface area (TPSA) is 95.2 Å². The summed E-state index contributed by atoms with van der Waals surface area (Å²) in [5.74, 6) is -0.319. The fraction of sp³-hybridized carbons (Fsp3) is 0.300. The van der Waals surface area contributed by atoms with Crippen molar-refractivity contribution < 1.29 is 13.2 Å². The highest BCUT2D eigenvalue weighted by Gasteiger charge is 2.27. The number of hydrogen-bond donors (Lipinski definition) is 2. The zero-order chi connectivity index (χ0) is 19.7. The minimum atomic E-state index is -3.58. The molecule has 7 nitrogen and oxygen atoms in total. The van der Waals surface area contributed by atoms with Gasteiger partial charge in [0.25, 0.3) is 5.91 Å². The molecule has 2 aromatic carbocycles. The Kier molecular flexibility index (Phi) is 4.91. The van der Waals surface area contributed by atoms with Gasteiger partial charge in [0.15, 0.2) is 0 Å². The second-order valence-electron chi connectivity index (χ2n) is 7.04. The van der Waals surface area contributed by atoms with E-state index in [0.717, 1.165) is 24.6 Å². The lowest BCUT2D eigenvalue weighted by Crippen LogP contribution is -2.36. The van der Waals surface area contributed by atoms with Crippen molar-refractivity contribution in [2.75, 3.05) is 18.4 Å². The van der Waals surface area contributed by atoms with E-state index in [1.54, 1.807) is 43.5 Å². The van der Waals surface area contributed by atoms with Gasteiger partial charge in [-0.05, 0) is 43.5 Å². The molecule has 4 rings (SSSR count). The highest BCUT2D eigenvalue weighted by Crippen LogP contribution is 2.26. The van der Waals surface area contributed by atoms with Crippen LogP contribution in [0.15, 0.2) is 47.5 Å². The van der Waals surface area contributed by atoms with E-state index in [-0.39, 0.29) is 10.8 Å². The first-order valence-electron chi connectivity index (χ1n) is 9.31. The lowest BCUT2D eigenvalue weighted by atomic mass is 10.1. The van der Waals surface area contributed by atoms with Crippen molar-refractivity contribution in [2.45, 2.75) is 31.1 Å². The monoisotopic (exact) mass is 398 g/mol. The Labute approximate surface area is 163 Å². The molecule has 1 aliphatic heterocycles. The highest BCUT2D eigenvalue weighted by atomic mass is 32.2. The second kappa shape index (κ2) is 7.37. The van der Waals surface area contributed by atoms with Crippen LogP contribution in [0, 0.1) is 6.92 Å². The third-order valence-electron chi connectivity index (χ3n) is 5.10. The molecular weight excluding hydrogens is 376 g/mol. The van der Waals surface area contributed by atoms with E-state index < -0.39 is 10.0 Å². The van der Waals surface area contributed by atoms with E-state index >= 15 is 0 Å². The van der Waals surface area contributed by atoms with Crippen molar-refractivity contribution in [2.24, 2.45) is 0 Å². The van der Waals surface area contributed by atoms with Crippen molar-refractivity contribution in [1.29, 1.82) is 0 Å². The molecule has 1 saturated heterocycles. The quantitative estimate of drug-likeness (QED) is 0.705. The maximum atomic E-state index is 13.1. The number of anilines is 1. The first-order chi connectivity index (χ1) is 13.5. The molecule has 0 aliphatic carbocycles. The van der Waals surface area contributed by atoms with Crippen molar-refractivity contribution in [1.82, 2.24) is 14.5 Å². The molecule has 1 aromatic heterocycles. The molecule has 2 heterocycles. The number of rotatable bonds is 4. The standard InChI is InChI=1S/C20H22N4O3S/c1-14-8-9-16(12-18(14)28(26,27)24-10-3-2-4-11-24)22-20(25)17-7-5-6-15-13-21-23-19(15)17/h5-9,12-13H,2-4,10-11H2,1H3,(H,21,23)(H,22,25). The SMILES string of the molecule is Cc1ccc(NC(=O)c2cccc3cn[nH]c23)cc1S(=O)(=O)N1CCCCC1. The van der Waals surface area contributed by atoms with Gasteiger partial charge < -0.3 is 5.32 Å². The lowest BCUT2D eigenvalue weighted by molar-refractivity contribution is 0.102. The average molecular weight is 398 g/mol. The van der Waals surface area contributed by atoms with E-state index in [4.69, 9.17) is 0 Å². The van der Waals surface area contributed by atoms with E-state index in [2.05, 4.69) is 15.5 Å². The van der Waals surface area contributed by atoms with Gasteiger partial charge in [-0.1, -0.05) is 24.6 Å². The van der Waals surface area contributed by atoms with E-state index in [0.29, 0.717) is 35.4 Å². The van der Waals surface area contributed by atoms with Gasteiger partial charge in [-0.3, -0.25) is 9.89 Å². The summed E-state index contributed by atoms with van der Waals surface area (Å²) in [6, 6.07) is 10.3. The Hall–Kier alpha value is -2.71. The molecule has 28 heavy (non-hydrogen) atoms. The van der Waals surface area contributed by atoms with Crippen LogP contribution in [0.5, 0.6) is 0 Å². The number of carbonyl (C=O) groups is 1. The van der Waals surface area contributed by atoms with Gasteiger partial charge in [-0.25, -0.2) is 8.42 Å². The van der Waals surface area contributed by atoms with Crippen LogP contribution < -0.4 is 5.32 Å². The Morgan fingerprint density at radius 3 is 2.71 bits per heavy atom. The Morgan fingerprint density at radius 2 is 1.93 bits per heavy atom. The number of amides is 1. The highest BCUT2D eigenvalue weighted by molar-refractivity contribution is 7.89. The molecule has 0 atom stereocenters. The first-order valence-corrected chi connectivity index (χ1v) is 10.7. The summed E-state index contributed by atoms with van der Waals surface area (Å²) < 4.78 is 27.6. The molecule has 1 aliphatic rings. The largest absolute Gasteiger partial charge is 0.322 e. The summed E-state index contributed by atoms with van der Waals surface area (Å²) >= 11 is 0. The molecule has 0 bridgehead atoms. The number of para-hydroxylation sites is 1. The molecular formula is C20H22N4O3S. The number of sulfonamides is 1. The van der Waals surface area contributed by atoms with Gasteiger partial charge in [-0.15, -0.1) is 0 Å². The third kappa shape index (κ3) is 3.41. The second-order valence-corrected chi connectivity index (χ2v) is 8.95. The lowest BCUT2D eigenvalue weighted by Gasteiger charge is -2.26. The van der Waals surface area contributed by atoms with Crippen molar-refractivity contribution in [3.63, 3.8) is 0 Å². The number of fused-ring (bicyclic) bond motifs is 1. The maximum absolute atomic E-state index is 13.1. The van der Waals surface area contributed by atoms with Crippen LogP contribution in [0.3, 0.4) is 0 Å². The zero-order valence-corrected chi connectivity index (χ0v) is 16.4. The van der Waals surface area contributed by atoms with Crippen molar-refractivity contribution in [3.05, 3.63) is 53.7 Å². The molecule has 0 unspecified atom stereocenters. The number of aromatic amines is 1. The van der Waals surface area contributed by atoms with Gasteiger partial charge >= 0.3 is 0 Å². The molecule has 146 valence electrons. The van der Waals surface area contributed by atoms with Gasteiger partial charge in [0.2, 0.25) is 10.0 Å². The van der Waals surface area contributed by atoms with Crippen LogP contribution in [0.2, 0.25) is 0 Å². The van der Waals surface area contributed by atoms with Crippen LogP contribution in [0.1, 0.15) is 35.2 Å². The number of H-pyrrole nitrogens is 1. The van der Waals surface area contributed by atoms with Crippen LogP contribution in [-0.4, -0.2) is 41.9 Å². The smallest absolute Gasteiger partial charge is 0.257 e. The van der Waals surface area contributed by atoms with E-state index in [9.17, 15) is 13.2 Å². The number of nitrogens with one attached hydrogen (secondary N) is 2. The third-order valence-corrected chi connectivity index (χ3v) is 7.14. The van der Waals surface area contributed by atoms with Gasteiger partial charge in [0, 0.05) is 24.2 Å². The van der Waals surface area contributed by atoms with Gasteiger partial charge in [-0.2, -0.15) is 9.40 Å². The number of benzene rings is 2. The minimum absolute atomic E-state index is 0.243. The Bertz CT molecular complexity index is 1130. The predicted molar refractivity (Wildman–Crippen MR) is 108 cm³/mol. The summed E-state index contributed by atoms with van der Waals surface area (Å²) in [6.07, 6.45) is 4.47. The Balaban J connectivity index is 1.64. The molecule has 0 saturated carbocycles. The Morgan fingerprint density at radius 1 is 1.14 bits per heavy atom. The maximum Gasteiger partial charge on any atom is 0.257 e. The predicted octanol–water partition coefficient (Wildman–Crippen LogP) is 3.30. The number of aryl methyl sites for hydroxylation is 1. The van der Waals surface area contributed by atoms with Crippen LogP contribution in [-0.2, 0) is 10.0 Å². The summed E-state index contributed by atoms with van der Waals surface area (Å²) in [6.45, 7) is 2.86. The minimum Gasteiger partial charge on any atom is -0.322 e. The molecule has 1 amide bonds. The molecule has 0 spiro atoms. The van der Waals surface area contributed by atoms with Crippen molar-refractivity contribution in [3.8, 4) is 0 Å². The summed E-state index contributed by atoms with van der Waals surface area (Å²) in [7, 11) is -3.58. The summed E-state index contributed by atoms with van der Waals surface area (Å²) in [5.41, 5.74) is 2.21. The normalized spacial score (nSPS) is 15.6. The van der Waals surface area contributed by atoms with Crippen LogP contribution in [0.4, 0.5) is 5.69 Å². The molecule has 0 radical (unpaired) electrons. The van der Waals surface area contributed by atoms with Gasteiger partial charge in [0.05, 0.1) is 22.2 Å². The molecule has 1 fully saturated rings. The number of aromatic nitrogens is 2. The fourth-order valence-electron chi connectivity index (χ4n) is 3.56. The summed E-state index contributed by atoms with van der Waals surface area (Å²) in [5, 5.41) is 10.5. The van der Waals surface area contributed by atoms with Crippen LogP contribution in [0.25, 0.3) is 10.9 Å². The first kappa shape index (κ1) is 18.6. The fourth-order valence-corrected chi connectivity index (χ4v) is 5.32. The number of piperidine rings is 1. The molecule has 2 N–H and O–H groups in total. The average Bonchev–Trinajstić information content (AvgIpc) is 3.19. The number of hydrogen-bond acceptors (Lipinski definition) is 4. The van der Waals surface area contributed by atoms with Crippen LogP contribution >= 0.6 is 0 Å². The summed E-state index contributed by atoms with van der Waals surface area (Å²) in [4.78, 5) is 13.0. The van der Waals surface area contributed by atoms with E-state index in [1.165, 1.54) is 4.31 Å². The molecule has 3 aromatic rings. The van der Waals surface area contributed by atoms with Gasteiger partial charge in [0.1, 0.15) is 0 Å². The number of carbonyl (C=O) groups excluding carboxylic acids is 1. The molecule has 8 heteroatoms.